The summed E-state index contributed by atoms with van der Waals surface area (Å²) in [5.41, 5.74) is 0.851. The third kappa shape index (κ3) is 5.81. The van der Waals surface area contributed by atoms with E-state index in [1.54, 1.807) is 40.5 Å². The van der Waals surface area contributed by atoms with Crippen molar-refractivity contribution in [3.63, 3.8) is 0 Å². The average molecular weight is 520 g/mol. The van der Waals surface area contributed by atoms with Gasteiger partial charge in [0, 0.05) is 38.9 Å². The van der Waals surface area contributed by atoms with Gasteiger partial charge < -0.3 is 9.64 Å². The highest BCUT2D eigenvalue weighted by Crippen LogP contribution is 2.23. The molecule has 192 valence electrons. The van der Waals surface area contributed by atoms with E-state index in [2.05, 4.69) is 10.1 Å². The van der Waals surface area contributed by atoms with Crippen molar-refractivity contribution < 1.29 is 17.9 Å². The standard InChI is InChI=1S/C27H29N5O4S/c33-27(20-36-25-10-8-24(9-11-25)32-21-28-13-3-4-14-29-32)30-15-17-31(18-16-30)37(34,35)26-12-7-22-5-1-2-6-23(22)19-26/h1-2,5-12,14,19,21H,3-4,13,15-18,20H2. The van der Waals surface area contributed by atoms with Gasteiger partial charge in [0.15, 0.2) is 6.61 Å². The van der Waals surface area contributed by atoms with Gasteiger partial charge in [-0.2, -0.15) is 9.41 Å². The van der Waals surface area contributed by atoms with Crippen LogP contribution in [0.3, 0.4) is 0 Å². The second-order valence-electron chi connectivity index (χ2n) is 8.88. The predicted molar refractivity (Wildman–Crippen MR) is 145 cm³/mol. The van der Waals surface area contributed by atoms with Crippen LogP contribution in [-0.4, -0.2) is 75.4 Å². The molecule has 10 heteroatoms. The van der Waals surface area contributed by atoms with E-state index < -0.39 is 10.0 Å². The number of piperazine rings is 1. The van der Waals surface area contributed by atoms with Crippen LogP contribution in [0.2, 0.25) is 0 Å². The molecule has 1 saturated heterocycles. The number of nitrogens with zero attached hydrogens (tertiary/aromatic N) is 5. The normalized spacial score (nSPS) is 17.0. The number of amides is 1. The molecule has 37 heavy (non-hydrogen) atoms. The molecule has 3 aromatic rings. The molecule has 0 N–H and O–H groups in total. The van der Waals surface area contributed by atoms with Gasteiger partial charge in [0.1, 0.15) is 12.1 Å². The Morgan fingerprint density at radius 3 is 2.46 bits per heavy atom. The molecule has 1 amide bonds. The van der Waals surface area contributed by atoms with Crippen LogP contribution >= 0.6 is 0 Å². The Morgan fingerprint density at radius 1 is 0.919 bits per heavy atom. The van der Waals surface area contributed by atoms with E-state index in [0.717, 1.165) is 35.8 Å². The molecule has 0 saturated carbocycles. The molecule has 2 aliphatic heterocycles. The van der Waals surface area contributed by atoms with Gasteiger partial charge in [0.25, 0.3) is 5.91 Å². The SMILES string of the molecule is O=C(COc1ccc(N2C=NCCCC=N2)cc1)N1CCN(S(=O)(=O)c2ccc3ccccc3c2)CC1. The molecule has 5 rings (SSSR count). The van der Waals surface area contributed by atoms with Crippen molar-refractivity contribution in [3.05, 3.63) is 66.7 Å². The molecular formula is C27H29N5O4S. The van der Waals surface area contributed by atoms with Crippen molar-refractivity contribution in [1.29, 1.82) is 0 Å². The van der Waals surface area contributed by atoms with Crippen LogP contribution in [0.4, 0.5) is 5.69 Å². The second-order valence-corrected chi connectivity index (χ2v) is 10.8. The van der Waals surface area contributed by atoms with Crippen molar-refractivity contribution >= 4 is 44.9 Å². The summed E-state index contributed by atoms with van der Waals surface area (Å²) >= 11 is 0. The predicted octanol–water partition coefficient (Wildman–Crippen LogP) is 3.37. The fourth-order valence-electron chi connectivity index (χ4n) is 4.30. The quantitative estimate of drug-likeness (QED) is 0.498. The van der Waals surface area contributed by atoms with Crippen LogP contribution in [-0.2, 0) is 14.8 Å². The zero-order chi connectivity index (χ0) is 25.7. The van der Waals surface area contributed by atoms with Crippen molar-refractivity contribution in [3.8, 4) is 5.75 Å². The molecule has 0 radical (unpaired) electrons. The highest BCUT2D eigenvalue weighted by atomic mass is 32.2. The summed E-state index contributed by atoms with van der Waals surface area (Å²) in [4.78, 5) is 19.0. The first-order valence-electron chi connectivity index (χ1n) is 12.3. The summed E-state index contributed by atoms with van der Waals surface area (Å²) in [7, 11) is -3.63. The van der Waals surface area contributed by atoms with Gasteiger partial charge in [-0.05, 0) is 60.0 Å². The van der Waals surface area contributed by atoms with Gasteiger partial charge in [-0.15, -0.1) is 0 Å². The topological polar surface area (TPSA) is 94.9 Å². The fraction of sp³-hybridized carbons (Fsp3) is 0.296. The van der Waals surface area contributed by atoms with Crippen LogP contribution in [0.5, 0.6) is 5.75 Å². The van der Waals surface area contributed by atoms with Gasteiger partial charge in [0.2, 0.25) is 10.0 Å². The number of hydrogen-bond acceptors (Lipinski definition) is 7. The Kier molecular flexibility index (Phi) is 7.47. The lowest BCUT2D eigenvalue weighted by Crippen LogP contribution is -2.51. The van der Waals surface area contributed by atoms with Crippen LogP contribution < -0.4 is 9.75 Å². The lowest BCUT2D eigenvalue weighted by Gasteiger charge is -2.34. The maximum atomic E-state index is 13.2. The Balaban J connectivity index is 1.14. The number of fused-ring (bicyclic) bond motifs is 1. The monoisotopic (exact) mass is 519 g/mol. The number of sulfonamides is 1. The third-order valence-electron chi connectivity index (χ3n) is 6.43. The van der Waals surface area contributed by atoms with Crippen molar-refractivity contribution in [2.45, 2.75) is 17.7 Å². The molecule has 3 aromatic carbocycles. The first-order chi connectivity index (χ1) is 18.0. The molecule has 0 aromatic heterocycles. The van der Waals surface area contributed by atoms with Crippen LogP contribution in [0.15, 0.2) is 81.7 Å². The fourth-order valence-corrected chi connectivity index (χ4v) is 5.76. The second kappa shape index (κ2) is 11.1. The maximum absolute atomic E-state index is 13.2. The largest absolute Gasteiger partial charge is 0.484 e. The van der Waals surface area contributed by atoms with Gasteiger partial charge >= 0.3 is 0 Å². The molecule has 2 heterocycles. The third-order valence-corrected chi connectivity index (χ3v) is 8.33. The molecular weight excluding hydrogens is 490 g/mol. The van der Waals surface area contributed by atoms with Gasteiger partial charge in [-0.3, -0.25) is 9.79 Å². The van der Waals surface area contributed by atoms with Crippen molar-refractivity contribution in [2.24, 2.45) is 10.1 Å². The lowest BCUT2D eigenvalue weighted by atomic mass is 10.1. The molecule has 1 fully saturated rings. The highest BCUT2D eigenvalue weighted by Gasteiger charge is 2.30. The molecule has 0 unspecified atom stereocenters. The van der Waals surface area contributed by atoms with Gasteiger partial charge in [-0.25, -0.2) is 13.4 Å². The maximum Gasteiger partial charge on any atom is 0.260 e. The first-order valence-corrected chi connectivity index (χ1v) is 13.8. The number of ether oxygens (including phenoxy) is 1. The van der Waals surface area contributed by atoms with Crippen LogP contribution in [0.1, 0.15) is 12.8 Å². The van der Waals surface area contributed by atoms with E-state index in [1.165, 1.54) is 4.31 Å². The number of aliphatic imine (C=N–C) groups is 1. The lowest BCUT2D eigenvalue weighted by molar-refractivity contribution is -0.134. The molecule has 0 bridgehead atoms. The zero-order valence-electron chi connectivity index (χ0n) is 20.4. The Hall–Kier alpha value is -3.76. The minimum atomic E-state index is -3.63. The number of hydrogen-bond donors (Lipinski definition) is 0. The summed E-state index contributed by atoms with van der Waals surface area (Å²) in [6, 6.07) is 20.1. The number of carbonyl (C=O) groups is 1. The summed E-state index contributed by atoms with van der Waals surface area (Å²) in [6.07, 6.45) is 5.46. The minimum absolute atomic E-state index is 0.111. The van der Waals surface area contributed by atoms with Crippen LogP contribution in [0.25, 0.3) is 10.8 Å². The van der Waals surface area contributed by atoms with E-state index in [9.17, 15) is 13.2 Å². The summed E-state index contributed by atoms with van der Waals surface area (Å²) in [5.74, 6) is 0.398. The molecule has 0 atom stereocenters. The van der Waals surface area contributed by atoms with Crippen LogP contribution in [0, 0.1) is 0 Å². The first kappa shape index (κ1) is 24.9. The highest BCUT2D eigenvalue weighted by molar-refractivity contribution is 7.89. The van der Waals surface area contributed by atoms with E-state index >= 15 is 0 Å². The smallest absolute Gasteiger partial charge is 0.260 e. The summed E-state index contributed by atoms with van der Waals surface area (Å²) in [5, 5.41) is 7.96. The molecule has 0 aliphatic carbocycles. The van der Waals surface area contributed by atoms with E-state index in [1.807, 2.05) is 48.7 Å². The Bertz CT molecular complexity index is 1400. The minimum Gasteiger partial charge on any atom is -0.484 e. The Morgan fingerprint density at radius 2 is 1.68 bits per heavy atom. The number of benzene rings is 3. The van der Waals surface area contributed by atoms with Crippen molar-refractivity contribution in [2.75, 3.05) is 44.3 Å². The van der Waals surface area contributed by atoms with Gasteiger partial charge in [-0.1, -0.05) is 30.3 Å². The van der Waals surface area contributed by atoms with E-state index in [0.29, 0.717) is 18.8 Å². The van der Waals surface area contributed by atoms with Gasteiger partial charge in [0.05, 0.1) is 10.6 Å². The number of anilines is 1. The van der Waals surface area contributed by atoms with E-state index in [-0.39, 0.29) is 30.5 Å². The number of carbonyl (C=O) groups excluding carboxylic acids is 1. The summed E-state index contributed by atoms with van der Waals surface area (Å²) in [6.45, 7) is 1.79. The number of rotatable bonds is 6. The Labute approximate surface area is 216 Å². The summed E-state index contributed by atoms with van der Waals surface area (Å²) < 4.78 is 33.5. The average Bonchev–Trinajstić information content (AvgIpc) is 2.92. The van der Waals surface area contributed by atoms with E-state index in [4.69, 9.17) is 4.74 Å². The van der Waals surface area contributed by atoms with Crippen molar-refractivity contribution in [1.82, 2.24) is 9.21 Å². The number of hydrazone groups is 1. The zero-order valence-corrected chi connectivity index (χ0v) is 21.3. The molecule has 0 spiro atoms. The molecule has 2 aliphatic rings. The molecule has 9 nitrogen and oxygen atoms in total.